The number of para-hydroxylation sites is 1. The molecule has 3 nitrogen and oxygen atoms in total. The highest BCUT2D eigenvalue weighted by atomic mass is 15.1. The summed E-state index contributed by atoms with van der Waals surface area (Å²) < 4.78 is 0. The number of nitrogens with one attached hydrogen (secondary N) is 1. The van der Waals surface area contributed by atoms with Gasteiger partial charge in [-0.3, -0.25) is 0 Å². The van der Waals surface area contributed by atoms with Crippen LogP contribution in [-0.4, -0.2) is 18.6 Å². The molecule has 19 heavy (non-hydrogen) atoms. The van der Waals surface area contributed by atoms with Gasteiger partial charge in [0.05, 0.1) is 0 Å². The molecule has 1 aromatic carbocycles. The summed E-state index contributed by atoms with van der Waals surface area (Å²) in [4.78, 5) is 6.64. The fraction of sp³-hybridized carbons (Fsp3) is 0.312. The predicted octanol–water partition coefficient (Wildman–Crippen LogP) is 3.54. The van der Waals surface area contributed by atoms with Crippen LogP contribution in [0.3, 0.4) is 0 Å². The summed E-state index contributed by atoms with van der Waals surface area (Å²) in [6.07, 6.45) is 3.05. The summed E-state index contributed by atoms with van der Waals surface area (Å²) in [5.41, 5.74) is 2.43. The first kappa shape index (κ1) is 13.4. The number of pyridine rings is 1. The molecule has 0 aliphatic heterocycles. The highest BCUT2D eigenvalue weighted by molar-refractivity contribution is 5.46. The Morgan fingerprint density at radius 3 is 2.53 bits per heavy atom. The number of benzene rings is 1. The number of aromatic nitrogens is 1. The third kappa shape index (κ3) is 3.98. The molecule has 0 radical (unpaired) electrons. The minimum Gasteiger partial charge on any atom is -0.370 e. The summed E-state index contributed by atoms with van der Waals surface area (Å²) in [7, 11) is 2.10. The van der Waals surface area contributed by atoms with E-state index in [2.05, 4.69) is 59.5 Å². The van der Waals surface area contributed by atoms with E-state index in [0.717, 1.165) is 25.3 Å². The fourth-order valence-electron chi connectivity index (χ4n) is 1.92. The van der Waals surface area contributed by atoms with Crippen LogP contribution in [0.25, 0.3) is 0 Å². The average Bonchev–Trinajstić information content (AvgIpc) is 2.47. The lowest BCUT2D eigenvalue weighted by Gasteiger charge is -2.19. The van der Waals surface area contributed by atoms with Gasteiger partial charge in [-0.25, -0.2) is 4.98 Å². The Kier molecular flexibility index (Phi) is 4.78. The Bertz CT molecular complexity index is 479. The van der Waals surface area contributed by atoms with Gasteiger partial charge in [-0.2, -0.15) is 0 Å². The molecule has 0 aliphatic rings. The lowest BCUT2D eigenvalue weighted by Crippen LogP contribution is -2.16. The van der Waals surface area contributed by atoms with Gasteiger partial charge in [-0.15, -0.1) is 0 Å². The third-order valence-electron chi connectivity index (χ3n) is 3.00. The Labute approximate surface area is 115 Å². The van der Waals surface area contributed by atoms with Crippen molar-refractivity contribution in [3.63, 3.8) is 0 Å². The van der Waals surface area contributed by atoms with E-state index in [4.69, 9.17) is 0 Å². The Hall–Kier alpha value is -2.03. The fourth-order valence-corrected chi connectivity index (χ4v) is 1.92. The second-order valence-corrected chi connectivity index (χ2v) is 4.67. The van der Waals surface area contributed by atoms with Crippen LogP contribution in [0.15, 0.2) is 48.7 Å². The van der Waals surface area contributed by atoms with Crippen molar-refractivity contribution in [3.05, 3.63) is 54.2 Å². The van der Waals surface area contributed by atoms with Gasteiger partial charge in [0.1, 0.15) is 5.82 Å². The van der Waals surface area contributed by atoms with Crippen molar-refractivity contribution in [3.8, 4) is 0 Å². The molecule has 0 atom stereocenters. The topological polar surface area (TPSA) is 28.2 Å². The second kappa shape index (κ2) is 6.78. The lowest BCUT2D eigenvalue weighted by atomic mass is 10.2. The molecule has 0 aliphatic carbocycles. The smallest absolute Gasteiger partial charge is 0.125 e. The summed E-state index contributed by atoms with van der Waals surface area (Å²) >= 11 is 0. The lowest BCUT2D eigenvalue weighted by molar-refractivity contribution is 0.912. The normalized spacial score (nSPS) is 10.2. The van der Waals surface area contributed by atoms with Gasteiger partial charge in [-0.1, -0.05) is 31.2 Å². The molecule has 100 valence electrons. The van der Waals surface area contributed by atoms with E-state index >= 15 is 0 Å². The van der Waals surface area contributed by atoms with E-state index in [1.54, 1.807) is 0 Å². The molecule has 0 fully saturated rings. The Morgan fingerprint density at radius 1 is 1.11 bits per heavy atom. The van der Waals surface area contributed by atoms with E-state index in [0.29, 0.717) is 0 Å². The zero-order valence-electron chi connectivity index (χ0n) is 11.6. The van der Waals surface area contributed by atoms with Crippen molar-refractivity contribution in [1.82, 2.24) is 4.98 Å². The summed E-state index contributed by atoms with van der Waals surface area (Å²) in [6.45, 7) is 3.98. The van der Waals surface area contributed by atoms with Crippen LogP contribution in [0.4, 0.5) is 11.5 Å². The van der Waals surface area contributed by atoms with Gasteiger partial charge in [0.15, 0.2) is 0 Å². The second-order valence-electron chi connectivity index (χ2n) is 4.67. The molecule has 0 saturated heterocycles. The van der Waals surface area contributed by atoms with Crippen LogP contribution in [0.1, 0.15) is 18.9 Å². The minimum absolute atomic E-state index is 0.866. The van der Waals surface area contributed by atoms with E-state index in [1.807, 2.05) is 18.3 Å². The number of hydrogen-bond acceptors (Lipinski definition) is 3. The molecule has 3 heteroatoms. The molecular weight excluding hydrogens is 234 g/mol. The van der Waals surface area contributed by atoms with Gasteiger partial charge < -0.3 is 10.2 Å². The molecule has 2 rings (SSSR count). The average molecular weight is 255 g/mol. The SMILES string of the molecule is CCCNc1ccc(CN(C)c2ccccc2)cn1. The first-order chi connectivity index (χ1) is 9.29. The van der Waals surface area contributed by atoms with E-state index < -0.39 is 0 Å². The van der Waals surface area contributed by atoms with Gasteiger partial charge >= 0.3 is 0 Å². The maximum Gasteiger partial charge on any atom is 0.125 e. The van der Waals surface area contributed by atoms with Crippen LogP contribution >= 0.6 is 0 Å². The largest absolute Gasteiger partial charge is 0.370 e. The van der Waals surface area contributed by atoms with Crippen molar-refractivity contribution >= 4 is 11.5 Å². The standard InChI is InChI=1S/C16H21N3/c1-3-11-17-16-10-9-14(12-18-16)13-19(2)15-7-5-4-6-8-15/h4-10,12H,3,11,13H2,1-2H3,(H,17,18). The maximum absolute atomic E-state index is 4.43. The minimum atomic E-state index is 0.866. The van der Waals surface area contributed by atoms with Crippen LogP contribution in [0, 0.1) is 0 Å². The zero-order valence-corrected chi connectivity index (χ0v) is 11.6. The van der Waals surface area contributed by atoms with Crippen LogP contribution in [-0.2, 0) is 6.54 Å². The summed E-state index contributed by atoms with van der Waals surface area (Å²) in [5, 5.41) is 3.28. The molecule has 0 bridgehead atoms. The first-order valence-corrected chi connectivity index (χ1v) is 6.74. The number of nitrogens with zero attached hydrogens (tertiary/aromatic N) is 2. The Morgan fingerprint density at radius 2 is 1.89 bits per heavy atom. The van der Waals surface area contributed by atoms with E-state index in [-0.39, 0.29) is 0 Å². The summed E-state index contributed by atoms with van der Waals surface area (Å²) in [6, 6.07) is 14.6. The van der Waals surface area contributed by atoms with E-state index in [9.17, 15) is 0 Å². The summed E-state index contributed by atoms with van der Waals surface area (Å²) in [5.74, 6) is 0.952. The molecule has 0 spiro atoms. The van der Waals surface area contributed by atoms with Crippen molar-refractivity contribution in [1.29, 1.82) is 0 Å². The highest BCUT2D eigenvalue weighted by Crippen LogP contribution is 2.15. The van der Waals surface area contributed by atoms with Crippen molar-refractivity contribution in [2.24, 2.45) is 0 Å². The van der Waals surface area contributed by atoms with Crippen LogP contribution < -0.4 is 10.2 Å². The van der Waals surface area contributed by atoms with Crippen molar-refractivity contribution in [2.45, 2.75) is 19.9 Å². The molecule has 0 unspecified atom stereocenters. The molecule has 0 saturated carbocycles. The van der Waals surface area contributed by atoms with Crippen molar-refractivity contribution in [2.75, 3.05) is 23.8 Å². The first-order valence-electron chi connectivity index (χ1n) is 6.74. The van der Waals surface area contributed by atoms with Gasteiger partial charge in [0.2, 0.25) is 0 Å². The van der Waals surface area contributed by atoms with Gasteiger partial charge in [0, 0.05) is 32.0 Å². The van der Waals surface area contributed by atoms with Crippen molar-refractivity contribution < 1.29 is 0 Å². The number of hydrogen-bond donors (Lipinski definition) is 1. The van der Waals surface area contributed by atoms with Gasteiger partial charge in [0.25, 0.3) is 0 Å². The predicted molar refractivity (Wildman–Crippen MR) is 81.6 cm³/mol. The van der Waals surface area contributed by atoms with E-state index in [1.165, 1.54) is 11.3 Å². The Balaban J connectivity index is 1.96. The quantitative estimate of drug-likeness (QED) is 0.855. The van der Waals surface area contributed by atoms with Crippen LogP contribution in [0.2, 0.25) is 0 Å². The molecule has 2 aromatic rings. The van der Waals surface area contributed by atoms with Gasteiger partial charge in [-0.05, 0) is 30.2 Å². The number of rotatable bonds is 6. The molecular formula is C16H21N3. The molecule has 1 aromatic heterocycles. The monoisotopic (exact) mass is 255 g/mol. The molecule has 0 amide bonds. The maximum atomic E-state index is 4.43. The molecule has 1 N–H and O–H groups in total. The third-order valence-corrected chi connectivity index (χ3v) is 3.00. The number of anilines is 2. The zero-order chi connectivity index (χ0) is 13.5. The molecule has 1 heterocycles. The van der Waals surface area contributed by atoms with Crippen LogP contribution in [0.5, 0.6) is 0 Å². The highest BCUT2D eigenvalue weighted by Gasteiger charge is 2.02.